The Labute approximate surface area is 152 Å². The number of esters is 1. The van der Waals surface area contributed by atoms with E-state index >= 15 is 0 Å². The van der Waals surface area contributed by atoms with Crippen LogP contribution < -0.4 is 9.88 Å². The molecule has 0 spiro atoms. The molecule has 2 aromatic rings. The molecule has 0 saturated heterocycles. The number of rotatable bonds is 9. The van der Waals surface area contributed by atoms with E-state index in [4.69, 9.17) is 4.74 Å². The van der Waals surface area contributed by atoms with Crippen molar-refractivity contribution in [1.29, 1.82) is 0 Å². The third-order valence-corrected chi connectivity index (χ3v) is 4.92. The third-order valence-electron chi connectivity index (χ3n) is 3.73. The zero-order valence-corrected chi connectivity index (χ0v) is 15.6. The highest BCUT2D eigenvalue weighted by molar-refractivity contribution is 7.16. The summed E-state index contributed by atoms with van der Waals surface area (Å²) in [6.45, 7) is 5.00. The molecule has 5 nitrogen and oxygen atoms in total. The molecule has 0 radical (unpaired) electrons. The van der Waals surface area contributed by atoms with Gasteiger partial charge in [0.25, 0.3) is 0 Å². The number of amides is 1. The highest BCUT2D eigenvalue weighted by Gasteiger charge is 2.18. The number of carbonyl (C=O) groups is 2. The van der Waals surface area contributed by atoms with Gasteiger partial charge in [-0.15, -0.1) is 11.3 Å². The van der Waals surface area contributed by atoms with Crippen LogP contribution in [0.1, 0.15) is 48.3 Å². The van der Waals surface area contributed by atoms with Crippen LogP contribution in [-0.4, -0.2) is 18.5 Å². The lowest BCUT2D eigenvalue weighted by Crippen LogP contribution is -2.32. The number of carbonyl (C=O) groups excluding carboxylic acids is 2. The zero-order valence-electron chi connectivity index (χ0n) is 14.8. The molecular weight excluding hydrogens is 336 g/mol. The maximum absolute atomic E-state index is 12.2. The summed E-state index contributed by atoms with van der Waals surface area (Å²) in [5.41, 5.74) is 0.455. The Morgan fingerprint density at radius 3 is 2.60 bits per heavy atom. The van der Waals surface area contributed by atoms with Gasteiger partial charge in [-0.1, -0.05) is 13.0 Å². The maximum Gasteiger partial charge on any atom is 0.341 e. The second kappa shape index (κ2) is 9.93. The van der Waals surface area contributed by atoms with Crippen LogP contribution in [0.3, 0.4) is 0 Å². The van der Waals surface area contributed by atoms with Crippen LogP contribution in [0.4, 0.5) is 5.00 Å². The number of ether oxygens (including phenoxy) is 1. The first kappa shape index (κ1) is 19.1. The highest BCUT2D eigenvalue weighted by atomic mass is 32.1. The summed E-state index contributed by atoms with van der Waals surface area (Å²) < 4.78 is 7.17. The second-order valence-electron chi connectivity index (χ2n) is 5.65. The maximum atomic E-state index is 12.2. The number of hydrogen-bond donors (Lipinski definition) is 1. The monoisotopic (exact) mass is 361 g/mol. The van der Waals surface area contributed by atoms with Crippen molar-refractivity contribution in [2.45, 2.75) is 46.1 Å². The average molecular weight is 361 g/mol. The molecule has 25 heavy (non-hydrogen) atoms. The SMILES string of the molecule is CCOC(=O)c1cc(CC)sc1NC(=O)CCCC[n+]1ccccc1. The van der Waals surface area contributed by atoms with Crippen molar-refractivity contribution in [1.82, 2.24) is 0 Å². The molecule has 2 heterocycles. The lowest BCUT2D eigenvalue weighted by molar-refractivity contribution is -0.697. The van der Waals surface area contributed by atoms with E-state index in [0.717, 1.165) is 30.7 Å². The van der Waals surface area contributed by atoms with Crippen molar-refractivity contribution in [2.24, 2.45) is 0 Å². The topological polar surface area (TPSA) is 59.3 Å². The van der Waals surface area contributed by atoms with E-state index in [0.29, 0.717) is 23.6 Å². The minimum absolute atomic E-state index is 0.0619. The first-order chi connectivity index (χ1) is 12.1. The van der Waals surface area contributed by atoms with E-state index in [9.17, 15) is 9.59 Å². The molecule has 2 rings (SSSR count). The van der Waals surface area contributed by atoms with Crippen molar-refractivity contribution in [3.05, 3.63) is 47.1 Å². The molecular formula is C19H25N2O3S+. The lowest BCUT2D eigenvalue weighted by atomic mass is 10.2. The van der Waals surface area contributed by atoms with E-state index in [1.165, 1.54) is 11.3 Å². The molecule has 1 N–H and O–H groups in total. The molecule has 2 aromatic heterocycles. The van der Waals surface area contributed by atoms with Crippen LogP contribution in [0.15, 0.2) is 36.7 Å². The van der Waals surface area contributed by atoms with E-state index in [2.05, 4.69) is 9.88 Å². The van der Waals surface area contributed by atoms with Gasteiger partial charge in [-0.2, -0.15) is 0 Å². The largest absolute Gasteiger partial charge is 0.462 e. The number of anilines is 1. The quantitative estimate of drug-likeness (QED) is 0.422. The second-order valence-corrected chi connectivity index (χ2v) is 6.78. The molecule has 0 aliphatic carbocycles. The summed E-state index contributed by atoms with van der Waals surface area (Å²) in [5.74, 6) is -0.442. The van der Waals surface area contributed by atoms with Gasteiger partial charge in [0.05, 0.1) is 12.2 Å². The van der Waals surface area contributed by atoms with Crippen LogP contribution in [0.5, 0.6) is 0 Å². The van der Waals surface area contributed by atoms with E-state index in [1.807, 2.05) is 43.6 Å². The molecule has 0 aliphatic heterocycles. The van der Waals surface area contributed by atoms with Gasteiger partial charge in [-0.05, 0) is 25.8 Å². The number of unbranched alkanes of at least 4 members (excludes halogenated alkanes) is 1. The lowest BCUT2D eigenvalue weighted by Gasteiger charge is -2.05. The van der Waals surface area contributed by atoms with Crippen molar-refractivity contribution in [3.8, 4) is 0 Å². The van der Waals surface area contributed by atoms with Crippen LogP contribution in [-0.2, 0) is 22.5 Å². The van der Waals surface area contributed by atoms with Gasteiger partial charge in [-0.25, -0.2) is 9.36 Å². The third kappa shape index (κ3) is 5.98. The highest BCUT2D eigenvalue weighted by Crippen LogP contribution is 2.29. The summed E-state index contributed by atoms with van der Waals surface area (Å²) in [6, 6.07) is 7.78. The molecule has 1 amide bonds. The number of nitrogens with one attached hydrogen (secondary N) is 1. The van der Waals surface area contributed by atoms with Crippen molar-refractivity contribution < 1.29 is 18.9 Å². The molecule has 0 saturated carbocycles. The van der Waals surface area contributed by atoms with Crippen molar-refractivity contribution in [3.63, 3.8) is 0 Å². The fraction of sp³-hybridized carbons (Fsp3) is 0.421. The minimum atomic E-state index is -0.380. The summed E-state index contributed by atoms with van der Waals surface area (Å²) >= 11 is 1.44. The average Bonchev–Trinajstić information content (AvgIpc) is 3.03. The predicted molar refractivity (Wildman–Crippen MR) is 98.8 cm³/mol. The summed E-state index contributed by atoms with van der Waals surface area (Å²) in [5, 5.41) is 3.47. The number of hydrogen-bond acceptors (Lipinski definition) is 4. The fourth-order valence-corrected chi connectivity index (χ4v) is 3.42. The van der Waals surface area contributed by atoms with Crippen molar-refractivity contribution >= 4 is 28.2 Å². The Morgan fingerprint density at radius 2 is 1.92 bits per heavy atom. The first-order valence-corrected chi connectivity index (χ1v) is 9.49. The van der Waals surface area contributed by atoms with Crippen LogP contribution >= 0.6 is 11.3 Å². The molecule has 0 aromatic carbocycles. The van der Waals surface area contributed by atoms with Gasteiger partial charge in [0.2, 0.25) is 5.91 Å². The summed E-state index contributed by atoms with van der Waals surface area (Å²) in [6.07, 6.45) is 7.02. The Bertz CT molecular complexity index is 698. The molecule has 0 aliphatic rings. The molecule has 0 fully saturated rings. The molecule has 6 heteroatoms. The fourth-order valence-electron chi connectivity index (χ4n) is 2.42. The number of aryl methyl sites for hydroxylation is 2. The molecule has 0 bridgehead atoms. The normalized spacial score (nSPS) is 10.5. The Morgan fingerprint density at radius 1 is 1.16 bits per heavy atom. The number of pyridine rings is 1. The van der Waals surface area contributed by atoms with E-state index < -0.39 is 0 Å². The number of aromatic nitrogens is 1. The summed E-state index contributed by atoms with van der Waals surface area (Å²) in [4.78, 5) is 25.3. The van der Waals surface area contributed by atoms with Crippen molar-refractivity contribution in [2.75, 3.05) is 11.9 Å². The smallest absolute Gasteiger partial charge is 0.341 e. The Hall–Kier alpha value is -2.21. The van der Waals surface area contributed by atoms with Gasteiger partial charge in [0, 0.05) is 29.9 Å². The number of thiophene rings is 1. The van der Waals surface area contributed by atoms with Crippen LogP contribution in [0, 0.1) is 0 Å². The Kier molecular flexibility index (Phi) is 7.60. The predicted octanol–water partition coefficient (Wildman–Crippen LogP) is 3.58. The van der Waals surface area contributed by atoms with Crippen LogP contribution in [0.2, 0.25) is 0 Å². The molecule has 0 atom stereocenters. The summed E-state index contributed by atoms with van der Waals surface area (Å²) in [7, 11) is 0. The van der Waals surface area contributed by atoms with Gasteiger partial charge in [-0.3, -0.25) is 4.79 Å². The Balaban J connectivity index is 1.85. The standard InChI is InChI=1S/C19H24N2O3S/c1-3-15-14-16(19(23)24-4-2)18(25-15)20-17(22)10-6-9-13-21-11-7-5-8-12-21/h5,7-8,11-12,14H,3-4,6,9-10,13H2,1-2H3/p+1. The first-order valence-electron chi connectivity index (χ1n) is 8.67. The van der Waals surface area contributed by atoms with Gasteiger partial charge in [0.1, 0.15) is 11.5 Å². The van der Waals surface area contributed by atoms with Gasteiger partial charge >= 0.3 is 5.97 Å². The van der Waals surface area contributed by atoms with E-state index in [-0.39, 0.29) is 11.9 Å². The molecule has 0 unspecified atom stereocenters. The number of nitrogens with zero attached hydrogens (tertiary/aromatic N) is 1. The van der Waals surface area contributed by atoms with Crippen LogP contribution in [0.25, 0.3) is 0 Å². The minimum Gasteiger partial charge on any atom is -0.462 e. The molecule has 134 valence electrons. The zero-order chi connectivity index (χ0) is 18.1. The van der Waals surface area contributed by atoms with Gasteiger partial charge < -0.3 is 10.1 Å². The van der Waals surface area contributed by atoms with E-state index in [1.54, 1.807) is 6.92 Å². The van der Waals surface area contributed by atoms with Gasteiger partial charge in [0.15, 0.2) is 12.4 Å².